The zero-order chi connectivity index (χ0) is 8.11. The molecule has 2 fully saturated rings. The zero-order valence-corrected chi connectivity index (χ0v) is 7.56. The predicted molar refractivity (Wildman–Crippen MR) is 45.3 cm³/mol. The van der Waals surface area contributed by atoms with E-state index in [2.05, 4.69) is 13.8 Å². The standard InChI is InChI=1S/C10H18O/c1-3-9(4-2)7-10(9)5-8(10)6-11/h8,11H,3-7H2,1-2H3. The predicted octanol–water partition coefficient (Wildman–Crippen LogP) is 2.20. The van der Waals surface area contributed by atoms with Crippen molar-refractivity contribution >= 4 is 0 Å². The Morgan fingerprint density at radius 1 is 1.36 bits per heavy atom. The van der Waals surface area contributed by atoms with Crippen LogP contribution < -0.4 is 0 Å². The molecule has 0 aromatic heterocycles. The SMILES string of the molecule is CCC1(CC)CC12CC2CO. The Labute approximate surface area is 68.8 Å². The number of hydrogen-bond acceptors (Lipinski definition) is 1. The molecule has 0 heterocycles. The third kappa shape index (κ3) is 0.703. The van der Waals surface area contributed by atoms with Crippen molar-refractivity contribution in [1.29, 1.82) is 0 Å². The fourth-order valence-corrected chi connectivity index (χ4v) is 3.25. The van der Waals surface area contributed by atoms with Crippen LogP contribution in [0.1, 0.15) is 39.5 Å². The van der Waals surface area contributed by atoms with E-state index in [0.717, 1.165) is 0 Å². The van der Waals surface area contributed by atoms with Crippen LogP contribution in [-0.4, -0.2) is 11.7 Å². The van der Waals surface area contributed by atoms with Crippen LogP contribution in [0, 0.1) is 16.7 Å². The highest BCUT2D eigenvalue weighted by Gasteiger charge is 2.76. The van der Waals surface area contributed by atoms with Crippen LogP contribution in [0.5, 0.6) is 0 Å². The summed E-state index contributed by atoms with van der Waals surface area (Å²) in [6, 6.07) is 0. The second-order valence-electron chi connectivity index (χ2n) is 4.40. The minimum atomic E-state index is 0.432. The van der Waals surface area contributed by atoms with Gasteiger partial charge in [-0.1, -0.05) is 13.8 Å². The lowest BCUT2D eigenvalue weighted by Crippen LogP contribution is -2.03. The van der Waals surface area contributed by atoms with E-state index in [4.69, 9.17) is 5.11 Å². The second kappa shape index (κ2) is 2.01. The molecule has 0 aromatic rings. The maximum Gasteiger partial charge on any atom is 0.0465 e. The van der Waals surface area contributed by atoms with Crippen LogP contribution in [0.15, 0.2) is 0 Å². The molecule has 2 aliphatic rings. The number of hydrogen-bond donors (Lipinski definition) is 1. The first-order valence-corrected chi connectivity index (χ1v) is 4.85. The van der Waals surface area contributed by atoms with Gasteiger partial charge in [-0.3, -0.25) is 0 Å². The summed E-state index contributed by atoms with van der Waals surface area (Å²) in [6.07, 6.45) is 5.35. The smallest absolute Gasteiger partial charge is 0.0465 e. The lowest BCUT2D eigenvalue weighted by molar-refractivity contribution is 0.255. The second-order valence-corrected chi connectivity index (χ2v) is 4.40. The van der Waals surface area contributed by atoms with E-state index < -0.39 is 0 Å². The maximum absolute atomic E-state index is 9.00. The molecule has 1 N–H and O–H groups in total. The van der Waals surface area contributed by atoms with E-state index in [0.29, 0.717) is 23.4 Å². The molecule has 64 valence electrons. The largest absolute Gasteiger partial charge is 0.396 e. The van der Waals surface area contributed by atoms with Crippen LogP contribution in [0.25, 0.3) is 0 Å². The molecule has 1 heteroatoms. The maximum atomic E-state index is 9.00. The first kappa shape index (κ1) is 7.60. The van der Waals surface area contributed by atoms with Gasteiger partial charge >= 0.3 is 0 Å². The van der Waals surface area contributed by atoms with E-state index >= 15 is 0 Å². The van der Waals surface area contributed by atoms with Crippen LogP contribution in [0.4, 0.5) is 0 Å². The summed E-state index contributed by atoms with van der Waals surface area (Å²) in [7, 11) is 0. The molecule has 2 atom stereocenters. The minimum absolute atomic E-state index is 0.432. The average Bonchev–Trinajstić information content (AvgIpc) is 2.91. The van der Waals surface area contributed by atoms with Crippen molar-refractivity contribution in [1.82, 2.24) is 0 Å². The molecule has 1 nitrogen and oxygen atoms in total. The van der Waals surface area contributed by atoms with Gasteiger partial charge in [-0.2, -0.15) is 0 Å². The first-order chi connectivity index (χ1) is 5.24. The van der Waals surface area contributed by atoms with E-state index in [1.165, 1.54) is 25.7 Å². The van der Waals surface area contributed by atoms with E-state index in [-0.39, 0.29) is 0 Å². The molecule has 0 aromatic carbocycles. The minimum Gasteiger partial charge on any atom is -0.396 e. The third-order valence-electron chi connectivity index (χ3n) is 4.39. The van der Waals surface area contributed by atoms with Crippen molar-refractivity contribution in [2.75, 3.05) is 6.61 Å². The van der Waals surface area contributed by atoms with E-state index in [1.807, 2.05) is 0 Å². The van der Waals surface area contributed by atoms with E-state index in [9.17, 15) is 0 Å². The van der Waals surface area contributed by atoms with Gasteiger partial charge in [-0.05, 0) is 42.4 Å². The molecule has 2 unspecified atom stereocenters. The molecular weight excluding hydrogens is 136 g/mol. The van der Waals surface area contributed by atoms with Gasteiger partial charge in [0.1, 0.15) is 0 Å². The van der Waals surface area contributed by atoms with Crippen LogP contribution in [0.3, 0.4) is 0 Å². The van der Waals surface area contributed by atoms with Crippen LogP contribution >= 0.6 is 0 Å². The Bertz CT molecular complexity index is 172. The fraction of sp³-hybridized carbons (Fsp3) is 1.00. The monoisotopic (exact) mass is 154 g/mol. The van der Waals surface area contributed by atoms with Gasteiger partial charge in [-0.15, -0.1) is 0 Å². The molecule has 0 aliphatic heterocycles. The van der Waals surface area contributed by atoms with Crippen molar-refractivity contribution in [2.24, 2.45) is 16.7 Å². The van der Waals surface area contributed by atoms with Crippen molar-refractivity contribution in [2.45, 2.75) is 39.5 Å². The number of rotatable bonds is 3. The molecular formula is C10H18O. The molecule has 0 bridgehead atoms. The highest BCUT2D eigenvalue weighted by atomic mass is 16.3. The summed E-state index contributed by atoms with van der Waals surface area (Å²) in [6.45, 7) is 5.03. The average molecular weight is 154 g/mol. The Kier molecular flexibility index (Phi) is 1.39. The molecule has 1 spiro atoms. The van der Waals surface area contributed by atoms with Gasteiger partial charge in [0.2, 0.25) is 0 Å². The third-order valence-corrected chi connectivity index (χ3v) is 4.39. The van der Waals surface area contributed by atoms with Crippen LogP contribution in [-0.2, 0) is 0 Å². The Morgan fingerprint density at radius 2 is 2.00 bits per heavy atom. The van der Waals surface area contributed by atoms with Gasteiger partial charge < -0.3 is 5.11 Å². The lowest BCUT2D eigenvalue weighted by atomic mass is 9.95. The van der Waals surface area contributed by atoms with Crippen molar-refractivity contribution in [3.8, 4) is 0 Å². The summed E-state index contributed by atoms with van der Waals surface area (Å²) < 4.78 is 0. The van der Waals surface area contributed by atoms with Gasteiger partial charge in [0, 0.05) is 6.61 Å². The molecule has 2 saturated carbocycles. The Balaban J connectivity index is 2.03. The summed E-state index contributed by atoms with van der Waals surface area (Å²) in [5, 5.41) is 9.00. The lowest BCUT2D eigenvalue weighted by Gasteiger charge is -2.10. The number of aliphatic hydroxyl groups excluding tert-OH is 1. The molecule has 2 rings (SSSR count). The molecule has 0 radical (unpaired) electrons. The molecule has 0 saturated heterocycles. The summed E-state index contributed by atoms with van der Waals surface area (Å²) in [4.78, 5) is 0. The molecule has 11 heavy (non-hydrogen) atoms. The first-order valence-electron chi connectivity index (χ1n) is 4.85. The highest BCUT2D eigenvalue weighted by Crippen LogP contribution is 2.83. The van der Waals surface area contributed by atoms with Gasteiger partial charge in [0.25, 0.3) is 0 Å². The normalized spacial score (nSPS) is 44.5. The summed E-state index contributed by atoms with van der Waals surface area (Å²) in [5.41, 5.74) is 1.28. The number of aliphatic hydroxyl groups is 1. The van der Waals surface area contributed by atoms with Gasteiger partial charge in [0.15, 0.2) is 0 Å². The quantitative estimate of drug-likeness (QED) is 0.660. The molecule has 2 aliphatic carbocycles. The van der Waals surface area contributed by atoms with Gasteiger partial charge in [-0.25, -0.2) is 0 Å². The topological polar surface area (TPSA) is 20.2 Å². The molecule has 0 amide bonds. The Hall–Kier alpha value is -0.0400. The fourth-order valence-electron chi connectivity index (χ4n) is 3.25. The van der Waals surface area contributed by atoms with Crippen molar-refractivity contribution in [3.05, 3.63) is 0 Å². The van der Waals surface area contributed by atoms with Gasteiger partial charge in [0.05, 0.1) is 0 Å². The zero-order valence-electron chi connectivity index (χ0n) is 7.56. The van der Waals surface area contributed by atoms with Crippen molar-refractivity contribution < 1.29 is 5.11 Å². The van der Waals surface area contributed by atoms with Crippen LogP contribution in [0.2, 0.25) is 0 Å². The summed E-state index contributed by atoms with van der Waals surface area (Å²) in [5.74, 6) is 0.669. The van der Waals surface area contributed by atoms with Crippen molar-refractivity contribution in [3.63, 3.8) is 0 Å². The van der Waals surface area contributed by atoms with E-state index in [1.54, 1.807) is 0 Å². The highest BCUT2D eigenvalue weighted by molar-refractivity contribution is 5.25. The summed E-state index contributed by atoms with van der Waals surface area (Å²) >= 11 is 0. The Morgan fingerprint density at radius 3 is 2.27 bits per heavy atom.